The zero-order chi connectivity index (χ0) is 20.7. The molecule has 3 aromatic rings. The molecule has 0 saturated carbocycles. The molecule has 6 nitrogen and oxygen atoms in total. The van der Waals surface area contributed by atoms with Crippen LogP contribution in [0.25, 0.3) is 0 Å². The summed E-state index contributed by atoms with van der Waals surface area (Å²) in [7, 11) is 0. The van der Waals surface area contributed by atoms with Gasteiger partial charge in [0.15, 0.2) is 0 Å². The fraction of sp³-hybridized carbons (Fsp3) is 0.0526. The molecule has 2 N–H and O–H groups in total. The summed E-state index contributed by atoms with van der Waals surface area (Å²) < 4.78 is 1.11. The molecule has 144 valence electrons. The third-order valence-electron chi connectivity index (χ3n) is 3.39. The number of benzene rings is 1. The van der Waals surface area contributed by atoms with Gasteiger partial charge in [-0.2, -0.15) is 0 Å². The van der Waals surface area contributed by atoms with Gasteiger partial charge in [0.1, 0.15) is 10.3 Å². The van der Waals surface area contributed by atoms with E-state index in [0.717, 1.165) is 9.26 Å². The van der Waals surface area contributed by atoms with Gasteiger partial charge < -0.3 is 10.4 Å². The molecule has 28 heavy (non-hydrogen) atoms. The van der Waals surface area contributed by atoms with Gasteiger partial charge in [-0.1, -0.05) is 29.3 Å². The zero-order valence-corrected chi connectivity index (χ0v) is 18.2. The number of aromatic nitrogens is 2. The summed E-state index contributed by atoms with van der Waals surface area (Å²) in [4.78, 5) is 29.7. The minimum atomic E-state index is -0.996. The molecule has 9 heteroatoms. The Labute approximate surface area is 185 Å². The van der Waals surface area contributed by atoms with Gasteiger partial charge in [-0.3, -0.25) is 4.79 Å². The van der Waals surface area contributed by atoms with Gasteiger partial charge in [0, 0.05) is 27.2 Å². The van der Waals surface area contributed by atoms with Crippen molar-refractivity contribution in [3.05, 3.63) is 85.4 Å². The SMILES string of the molecule is Cc1ccc(NC(=O)c2ccnc(Cl)c2)cc1I.O=C(O)c1ccnc(Cl)c1. The average Bonchev–Trinajstić information content (AvgIpc) is 2.65. The van der Waals surface area contributed by atoms with Gasteiger partial charge in [0.05, 0.1) is 5.56 Å². The Balaban J connectivity index is 0.000000237. The molecule has 1 amide bonds. The van der Waals surface area contributed by atoms with Crippen LogP contribution in [0.3, 0.4) is 0 Å². The first-order chi connectivity index (χ1) is 13.3. The van der Waals surface area contributed by atoms with Crippen LogP contribution in [0.1, 0.15) is 26.3 Å². The summed E-state index contributed by atoms with van der Waals surface area (Å²) in [5.41, 5.74) is 2.59. The summed E-state index contributed by atoms with van der Waals surface area (Å²) in [5, 5.41) is 11.7. The summed E-state index contributed by atoms with van der Waals surface area (Å²) in [6.45, 7) is 2.02. The summed E-state index contributed by atoms with van der Waals surface area (Å²) >= 11 is 13.4. The molecule has 0 aliphatic heterocycles. The van der Waals surface area contributed by atoms with Crippen molar-refractivity contribution in [3.63, 3.8) is 0 Å². The number of carbonyl (C=O) groups is 2. The average molecular weight is 530 g/mol. The predicted molar refractivity (Wildman–Crippen MR) is 117 cm³/mol. The molecule has 0 aliphatic rings. The van der Waals surface area contributed by atoms with Gasteiger partial charge >= 0.3 is 5.97 Å². The van der Waals surface area contributed by atoms with E-state index in [4.69, 9.17) is 28.3 Å². The fourth-order valence-corrected chi connectivity index (χ4v) is 2.82. The zero-order valence-electron chi connectivity index (χ0n) is 14.5. The second kappa shape index (κ2) is 10.4. The van der Waals surface area contributed by atoms with Gasteiger partial charge in [0.2, 0.25) is 0 Å². The molecule has 0 unspecified atom stereocenters. The molecule has 0 aliphatic carbocycles. The number of aromatic carboxylic acids is 1. The highest BCUT2D eigenvalue weighted by Gasteiger charge is 2.07. The molecule has 0 atom stereocenters. The maximum Gasteiger partial charge on any atom is 0.335 e. The van der Waals surface area contributed by atoms with E-state index in [1.807, 2.05) is 25.1 Å². The topological polar surface area (TPSA) is 92.2 Å². The predicted octanol–water partition coefficient (Wildman–Crippen LogP) is 5.33. The van der Waals surface area contributed by atoms with Crippen LogP contribution in [0.5, 0.6) is 0 Å². The van der Waals surface area contributed by atoms with Crippen molar-refractivity contribution in [2.45, 2.75) is 6.92 Å². The molecule has 3 rings (SSSR count). The van der Waals surface area contributed by atoms with Crippen molar-refractivity contribution in [2.75, 3.05) is 5.32 Å². The fourth-order valence-electron chi connectivity index (χ4n) is 1.95. The standard InChI is InChI=1S/C13H10ClIN2O.C6H4ClNO2/c1-8-2-3-10(7-11(8)15)17-13(18)9-4-5-16-12(14)6-9;7-5-3-4(6(9)10)1-2-8-5/h2-7H,1H3,(H,17,18);1-3H,(H,9,10). The van der Waals surface area contributed by atoms with Crippen molar-refractivity contribution in [1.29, 1.82) is 0 Å². The Morgan fingerprint density at radius 2 is 1.54 bits per heavy atom. The summed E-state index contributed by atoms with van der Waals surface area (Å²) in [6, 6.07) is 11.6. The van der Waals surface area contributed by atoms with E-state index in [9.17, 15) is 9.59 Å². The Kier molecular flexibility index (Phi) is 8.16. The van der Waals surface area contributed by atoms with Crippen molar-refractivity contribution >= 4 is 63.4 Å². The number of hydrogen-bond donors (Lipinski definition) is 2. The highest BCUT2D eigenvalue weighted by atomic mass is 127. The number of pyridine rings is 2. The Hall–Kier alpha value is -2.23. The lowest BCUT2D eigenvalue weighted by molar-refractivity contribution is 0.0696. The largest absolute Gasteiger partial charge is 0.478 e. The van der Waals surface area contributed by atoms with Crippen LogP contribution < -0.4 is 5.32 Å². The number of aryl methyl sites for hydroxylation is 1. The van der Waals surface area contributed by atoms with E-state index in [-0.39, 0.29) is 16.6 Å². The van der Waals surface area contributed by atoms with Crippen molar-refractivity contribution in [3.8, 4) is 0 Å². The van der Waals surface area contributed by atoms with E-state index >= 15 is 0 Å². The number of hydrogen-bond acceptors (Lipinski definition) is 4. The highest BCUT2D eigenvalue weighted by Crippen LogP contribution is 2.18. The van der Waals surface area contributed by atoms with Gasteiger partial charge in [-0.05, 0) is 71.5 Å². The quantitative estimate of drug-likeness (QED) is 0.353. The minimum Gasteiger partial charge on any atom is -0.478 e. The molecule has 0 saturated heterocycles. The normalized spacial score (nSPS) is 9.86. The molecule has 0 radical (unpaired) electrons. The third kappa shape index (κ3) is 6.74. The number of nitrogens with zero attached hydrogens (tertiary/aromatic N) is 2. The molecular weight excluding hydrogens is 516 g/mol. The van der Waals surface area contributed by atoms with Crippen LogP contribution in [0, 0.1) is 10.5 Å². The number of rotatable bonds is 3. The smallest absolute Gasteiger partial charge is 0.335 e. The third-order valence-corrected chi connectivity index (χ3v) is 4.97. The minimum absolute atomic E-state index is 0.153. The van der Waals surface area contributed by atoms with E-state index in [2.05, 4.69) is 37.9 Å². The van der Waals surface area contributed by atoms with Crippen molar-refractivity contribution < 1.29 is 14.7 Å². The molecule has 2 heterocycles. The lowest BCUT2D eigenvalue weighted by Gasteiger charge is -2.07. The van der Waals surface area contributed by atoms with Crippen molar-refractivity contribution in [1.82, 2.24) is 9.97 Å². The van der Waals surface area contributed by atoms with Gasteiger partial charge in [-0.15, -0.1) is 0 Å². The number of carbonyl (C=O) groups excluding carboxylic acids is 1. The molecule has 2 aromatic heterocycles. The second-order valence-electron chi connectivity index (χ2n) is 5.46. The molecular formula is C19H14Cl2IN3O3. The van der Waals surface area contributed by atoms with Gasteiger partial charge in [0.25, 0.3) is 5.91 Å². The summed E-state index contributed by atoms with van der Waals surface area (Å²) in [5.74, 6) is -1.19. The first-order valence-electron chi connectivity index (χ1n) is 7.80. The Morgan fingerprint density at radius 3 is 2.04 bits per heavy atom. The monoisotopic (exact) mass is 529 g/mol. The van der Waals surface area contributed by atoms with Gasteiger partial charge in [-0.25, -0.2) is 14.8 Å². The second-order valence-corrected chi connectivity index (χ2v) is 7.39. The first kappa shape index (κ1) is 22.1. The number of nitrogens with one attached hydrogen (secondary N) is 1. The van der Waals surface area contributed by atoms with E-state index in [1.54, 1.807) is 6.07 Å². The van der Waals surface area contributed by atoms with E-state index in [1.165, 1.54) is 36.2 Å². The molecule has 0 bridgehead atoms. The van der Waals surface area contributed by atoms with Crippen LogP contribution in [0.15, 0.2) is 54.9 Å². The maximum atomic E-state index is 12.0. The van der Waals surface area contributed by atoms with Crippen LogP contribution in [-0.2, 0) is 0 Å². The summed E-state index contributed by atoms with van der Waals surface area (Å²) in [6.07, 6.45) is 2.86. The Morgan fingerprint density at radius 1 is 0.964 bits per heavy atom. The Bertz CT molecular complexity index is 1020. The lowest BCUT2D eigenvalue weighted by Crippen LogP contribution is -2.12. The first-order valence-corrected chi connectivity index (χ1v) is 9.63. The number of amides is 1. The molecule has 0 fully saturated rings. The highest BCUT2D eigenvalue weighted by molar-refractivity contribution is 14.1. The number of anilines is 1. The van der Waals surface area contributed by atoms with Crippen LogP contribution >= 0.6 is 45.8 Å². The van der Waals surface area contributed by atoms with Crippen molar-refractivity contribution in [2.24, 2.45) is 0 Å². The number of carboxylic acids is 1. The van der Waals surface area contributed by atoms with Crippen LogP contribution in [0.4, 0.5) is 5.69 Å². The van der Waals surface area contributed by atoms with E-state index < -0.39 is 5.97 Å². The van der Waals surface area contributed by atoms with E-state index in [0.29, 0.717) is 10.7 Å². The maximum absolute atomic E-state index is 12.0. The number of halogens is 3. The molecule has 1 aromatic carbocycles. The molecule has 0 spiro atoms. The lowest BCUT2D eigenvalue weighted by atomic mass is 10.2. The van der Waals surface area contributed by atoms with Crippen LogP contribution in [0.2, 0.25) is 10.3 Å². The van der Waals surface area contributed by atoms with Crippen LogP contribution in [-0.4, -0.2) is 27.0 Å². The number of carboxylic acid groups (broad SMARTS) is 1.